The summed E-state index contributed by atoms with van der Waals surface area (Å²) in [5.74, 6) is 3.19. The van der Waals surface area contributed by atoms with Gasteiger partial charge in [0.1, 0.15) is 5.75 Å². The maximum atomic E-state index is 11.6. The van der Waals surface area contributed by atoms with Gasteiger partial charge in [-0.3, -0.25) is 4.79 Å². The van der Waals surface area contributed by atoms with E-state index in [-0.39, 0.29) is 12.5 Å². The zero-order valence-corrected chi connectivity index (χ0v) is 13.8. The van der Waals surface area contributed by atoms with Crippen molar-refractivity contribution < 1.29 is 9.53 Å². The lowest BCUT2D eigenvalue weighted by molar-refractivity contribution is -0.123. The predicted octanol–water partition coefficient (Wildman–Crippen LogP) is 2.50. The van der Waals surface area contributed by atoms with Crippen molar-refractivity contribution in [2.45, 2.75) is 44.3 Å². The number of carbonyl (C=O) groups excluding carboxylic acids is 1. The summed E-state index contributed by atoms with van der Waals surface area (Å²) in [5.41, 5.74) is 1.26. The number of benzene rings is 1. The Morgan fingerprint density at radius 2 is 2.05 bits per heavy atom. The van der Waals surface area contributed by atoms with Crippen LogP contribution in [0.15, 0.2) is 24.3 Å². The van der Waals surface area contributed by atoms with Crippen molar-refractivity contribution in [3.63, 3.8) is 0 Å². The van der Waals surface area contributed by atoms with E-state index >= 15 is 0 Å². The minimum Gasteiger partial charge on any atom is -0.484 e. The summed E-state index contributed by atoms with van der Waals surface area (Å²) < 4.78 is 5.53. The number of rotatable bonds is 7. The molecule has 1 amide bonds. The van der Waals surface area contributed by atoms with Crippen molar-refractivity contribution in [3.8, 4) is 5.75 Å². The Morgan fingerprint density at radius 3 is 2.68 bits per heavy atom. The second-order valence-electron chi connectivity index (χ2n) is 6.15. The van der Waals surface area contributed by atoms with Crippen LogP contribution in [0.4, 0.5) is 0 Å². The fourth-order valence-corrected chi connectivity index (χ4v) is 3.78. The molecule has 5 heteroatoms. The van der Waals surface area contributed by atoms with Gasteiger partial charge < -0.3 is 15.4 Å². The van der Waals surface area contributed by atoms with Gasteiger partial charge in [0.05, 0.1) is 0 Å². The maximum Gasteiger partial charge on any atom is 0.258 e. The molecule has 3 rings (SSSR count). The molecular formula is C17H24N2O2S. The summed E-state index contributed by atoms with van der Waals surface area (Å²) in [6, 6.07) is 9.40. The quantitative estimate of drug-likeness (QED) is 0.810. The van der Waals surface area contributed by atoms with Gasteiger partial charge in [-0.2, -0.15) is 11.8 Å². The first kappa shape index (κ1) is 15.7. The summed E-state index contributed by atoms with van der Waals surface area (Å²) in [6.45, 7) is 2.30. The summed E-state index contributed by atoms with van der Waals surface area (Å²) in [6.07, 6.45) is 3.46. The summed E-state index contributed by atoms with van der Waals surface area (Å²) in [5, 5.41) is 6.59. The third-order valence-electron chi connectivity index (χ3n) is 4.11. The Morgan fingerprint density at radius 1 is 1.27 bits per heavy atom. The highest BCUT2D eigenvalue weighted by molar-refractivity contribution is 7.99. The first-order chi connectivity index (χ1) is 10.7. The predicted molar refractivity (Wildman–Crippen MR) is 90.4 cm³/mol. The van der Waals surface area contributed by atoms with E-state index in [4.69, 9.17) is 4.74 Å². The SMILES string of the molecule is C[C@@H](N[C@@H]1CCSC1)c1ccc(OCC(=O)NC2CC2)cc1. The Hall–Kier alpha value is -1.20. The third-order valence-corrected chi connectivity index (χ3v) is 5.27. The van der Waals surface area contributed by atoms with Gasteiger partial charge in [0.15, 0.2) is 6.61 Å². The van der Waals surface area contributed by atoms with Crippen LogP contribution >= 0.6 is 11.8 Å². The van der Waals surface area contributed by atoms with Crippen molar-refractivity contribution in [1.82, 2.24) is 10.6 Å². The fraction of sp³-hybridized carbons (Fsp3) is 0.588. The van der Waals surface area contributed by atoms with E-state index in [9.17, 15) is 4.79 Å². The van der Waals surface area contributed by atoms with Crippen molar-refractivity contribution in [1.29, 1.82) is 0 Å². The van der Waals surface area contributed by atoms with Crippen LogP contribution < -0.4 is 15.4 Å². The van der Waals surface area contributed by atoms with Gasteiger partial charge in [-0.25, -0.2) is 0 Å². The minimum atomic E-state index is -0.0275. The highest BCUT2D eigenvalue weighted by Crippen LogP contribution is 2.23. The van der Waals surface area contributed by atoms with Crippen molar-refractivity contribution >= 4 is 17.7 Å². The van der Waals surface area contributed by atoms with Crippen molar-refractivity contribution in [3.05, 3.63) is 29.8 Å². The largest absolute Gasteiger partial charge is 0.484 e. The van der Waals surface area contributed by atoms with Crippen LogP contribution in [0.2, 0.25) is 0 Å². The standard InChI is InChI=1S/C17H24N2O2S/c1-12(18-15-8-9-22-11-15)13-2-6-16(7-3-13)21-10-17(20)19-14-4-5-14/h2-3,6-7,12,14-15,18H,4-5,8-11H2,1H3,(H,19,20)/t12-,15-/m1/s1. The number of hydrogen-bond acceptors (Lipinski definition) is 4. The molecule has 2 N–H and O–H groups in total. The monoisotopic (exact) mass is 320 g/mol. The molecule has 1 saturated carbocycles. The van der Waals surface area contributed by atoms with Crippen molar-refractivity contribution in [2.75, 3.05) is 18.1 Å². The lowest BCUT2D eigenvalue weighted by Crippen LogP contribution is -2.31. The Labute approximate surface area is 136 Å². The molecule has 1 aliphatic carbocycles. The smallest absolute Gasteiger partial charge is 0.258 e. The molecule has 1 aliphatic heterocycles. The lowest BCUT2D eigenvalue weighted by atomic mass is 10.1. The average molecular weight is 320 g/mol. The molecule has 0 aromatic heterocycles. The maximum absolute atomic E-state index is 11.6. The molecule has 1 heterocycles. The van der Waals surface area contributed by atoms with E-state index in [2.05, 4.69) is 29.7 Å². The lowest BCUT2D eigenvalue weighted by Gasteiger charge is -2.19. The first-order valence-electron chi connectivity index (χ1n) is 8.06. The molecular weight excluding hydrogens is 296 g/mol. The molecule has 1 aromatic rings. The molecule has 0 spiro atoms. The molecule has 2 fully saturated rings. The van der Waals surface area contributed by atoms with Crippen LogP contribution in [0.3, 0.4) is 0 Å². The number of thioether (sulfide) groups is 1. The van der Waals surface area contributed by atoms with Gasteiger partial charge in [0.25, 0.3) is 5.91 Å². The fourth-order valence-electron chi connectivity index (χ4n) is 2.61. The molecule has 2 atom stereocenters. The number of hydrogen-bond donors (Lipinski definition) is 2. The summed E-state index contributed by atoms with van der Waals surface area (Å²) >= 11 is 2.02. The zero-order chi connectivity index (χ0) is 15.4. The van der Waals surface area contributed by atoms with Gasteiger partial charge in [-0.05, 0) is 49.6 Å². The molecule has 0 bridgehead atoms. The topological polar surface area (TPSA) is 50.4 Å². The minimum absolute atomic E-state index is 0.0275. The van der Waals surface area contributed by atoms with Crippen LogP contribution in [-0.2, 0) is 4.79 Å². The molecule has 0 unspecified atom stereocenters. The zero-order valence-electron chi connectivity index (χ0n) is 13.0. The van der Waals surface area contributed by atoms with E-state index in [0.717, 1.165) is 18.6 Å². The van der Waals surface area contributed by atoms with E-state index in [1.165, 1.54) is 23.5 Å². The summed E-state index contributed by atoms with van der Waals surface area (Å²) in [7, 11) is 0. The number of amides is 1. The van der Waals surface area contributed by atoms with Crippen LogP contribution in [-0.4, -0.2) is 36.1 Å². The van der Waals surface area contributed by atoms with Gasteiger partial charge in [0.2, 0.25) is 0 Å². The number of nitrogens with one attached hydrogen (secondary N) is 2. The van der Waals surface area contributed by atoms with E-state index in [0.29, 0.717) is 18.1 Å². The highest BCUT2D eigenvalue weighted by atomic mass is 32.2. The molecule has 1 saturated heterocycles. The van der Waals surface area contributed by atoms with E-state index in [1.54, 1.807) is 0 Å². The second-order valence-corrected chi connectivity index (χ2v) is 7.30. The van der Waals surface area contributed by atoms with Gasteiger partial charge >= 0.3 is 0 Å². The number of ether oxygens (including phenoxy) is 1. The Bertz CT molecular complexity index is 496. The molecule has 0 radical (unpaired) electrons. The highest BCUT2D eigenvalue weighted by Gasteiger charge is 2.23. The van der Waals surface area contributed by atoms with E-state index < -0.39 is 0 Å². The van der Waals surface area contributed by atoms with Crippen LogP contribution in [0.5, 0.6) is 5.75 Å². The average Bonchev–Trinajstić information content (AvgIpc) is 3.18. The van der Waals surface area contributed by atoms with Crippen LogP contribution in [0.25, 0.3) is 0 Å². The second kappa shape index (κ2) is 7.38. The van der Waals surface area contributed by atoms with Gasteiger partial charge in [0, 0.05) is 23.9 Å². The van der Waals surface area contributed by atoms with Crippen LogP contribution in [0, 0.1) is 0 Å². The Balaban J connectivity index is 1.45. The van der Waals surface area contributed by atoms with E-state index in [1.807, 2.05) is 23.9 Å². The molecule has 22 heavy (non-hydrogen) atoms. The van der Waals surface area contributed by atoms with Gasteiger partial charge in [-0.15, -0.1) is 0 Å². The first-order valence-corrected chi connectivity index (χ1v) is 9.22. The Kier molecular flexibility index (Phi) is 5.26. The summed E-state index contributed by atoms with van der Waals surface area (Å²) in [4.78, 5) is 11.6. The molecule has 120 valence electrons. The normalized spacial score (nSPS) is 22.3. The number of carbonyl (C=O) groups is 1. The molecule has 1 aromatic carbocycles. The van der Waals surface area contributed by atoms with Gasteiger partial charge in [-0.1, -0.05) is 12.1 Å². The molecule has 2 aliphatic rings. The van der Waals surface area contributed by atoms with Crippen molar-refractivity contribution in [2.24, 2.45) is 0 Å². The molecule has 4 nitrogen and oxygen atoms in total. The van der Waals surface area contributed by atoms with Crippen LogP contribution in [0.1, 0.15) is 37.8 Å². The third kappa shape index (κ3) is 4.65.